The lowest BCUT2D eigenvalue weighted by Crippen LogP contribution is -2.67. The Morgan fingerprint density at radius 3 is 2.48 bits per heavy atom. The summed E-state index contributed by atoms with van der Waals surface area (Å²) in [4.78, 5) is 43.5. The molecule has 2 saturated heterocycles. The number of thiophene rings is 1. The van der Waals surface area contributed by atoms with Crippen molar-refractivity contribution in [1.29, 1.82) is 0 Å². The van der Waals surface area contributed by atoms with Crippen LogP contribution in [0.3, 0.4) is 0 Å². The Kier molecular flexibility index (Phi) is 10.1. The number of hydrogen-bond donors (Lipinski definition) is 2. The first-order chi connectivity index (χ1) is 22.2. The third-order valence-corrected chi connectivity index (χ3v) is 10.9. The topological polar surface area (TPSA) is 108 Å². The summed E-state index contributed by atoms with van der Waals surface area (Å²) in [5.41, 5.74) is 0.704. The van der Waals surface area contributed by atoms with Crippen LogP contribution in [0.15, 0.2) is 41.8 Å². The summed E-state index contributed by atoms with van der Waals surface area (Å²) in [6.45, 7) is 2.34. The summed E-state index contributed by atoms with van der Waals surface area (Å²) in [6.07, 6.45) is 3.86. The average molecular weight is 672 g/mol. The highest BCUT2D eigenvalue weighted by atomic mass is 35.5. The maximum absolute atomic E-state index is 15.8. The van der Waals surface area contributed by atoms with Crippen molar-refractivity contribution in [2.45, 2.75) is 69.4 Å². The molecule has 3 fully saturated rings. The van der Waals surface area contributed by atoms with Gasteiger partial charge in [0.05, 0.1) is 34.4 Å². The number of carbonyl (C=O) groups is 3. The minimum atomic E-state index is -1.45. The van der Waals surface area contributed by atoms with Crippen LogP contribution in [-0.2, 0) is 25.5 Å². The lowest BCUT2D eigenvalue weighted by molar-refractivity contribution is -0.253. The molecule has 1 saturated carbocycles. The van der Waals surface area contributed by atoms with Gasteiger partial charge in [-0.05, 0) is 68.7 Å². The first-order valence-corrected chi connectivity index (χ1v) is 17.2. The van der Waals surface area contributed by atoms with Crippen molar-refractivity contribution in [1.82, 2.24) is 9.80 Å². The van der Waals surface area contributed by atoms with Crippen molar-refractivity contribution in [2.75, 3.05) is 38.6 Å². The maximum atomic E-state index is 15.8. The van der Waals surface area contributed by atoms with E-state index in [1.54, 1.807) is 12.5 Å². The van der Waals surface area contributed by atoms with Gasteiger partial charge < -0.3 is 19.9 Å². The molecule has 3 aromatic rings. The molecule has 0 bridgehead atoms. The fraction of sp³-hybridized carbons (Fsp3) is 0.500. The van der Waals surface area contributed by atoms with Gasteiger partial charge in [-0.1, -0.05) is 29.8 Å². The Bertz CT molecular complexity index is 1600. The summed E-state index contributed by atoms with van der Waals surface area (Å²) >= 11 is 8.05. The van der Waals surface area contributed by atoms with Gasteiger partial charge in [0.2, 0.25) is 5.85 Å². The zero-order valence-electron chi connectivity index (χ0n) is 25.8. The Hall–Kier alpha value is -2.93. The van der Waals surface area contributed by atoms with E-state index in [0.29, 0.717) is 57.4 Å². The number of aliphatic carboxylic acids is 1. The molecule has 6 rings (SSSR count). The molecule has 3 aliphatic rings. The zero-order valence-corrected chi connectivity index (χ0v) is 27.4. The van der Waals surface area contributed by atoms with Crippen LogP contribution < -0.4 is 5.32 Å². The maximum Gasteiger partial charge on any atom is 0.306 e. The van der Waals surface area contributed by atoms with Crippen LogP contribution in [0.5, 0.6) is 0 Å². The lowest BCUT2D eigenvalue weighted by atomic mass is 9.87. The van der Waals surface area contributed by atoms with Crippen LogP contribution in [0.25, 0.3) is 10.1 Å². The summed E-state index contributed by atoms with van der Waals surface area (Å²) in [7, 11) is 1.65. The van der Waals surface area contributed by atoms with Gasteiger partial charge in [0.25, 0.3) is 5.91 Å². The van der Waals surface area contributed by atoms with E-state index in [1.165, 1.54) is 23.5 Å². The van der Waals surface area contributed by atoms with Crippen molar-refractivity contribution in [3.8, 4) is 0 Å². The van der Waals surface area contributed by atoms with Crippen LogP contribution >= 0.6 is 22.9 Å². The molecule has 246 valence electrons. The number of carboxylic acids is 1. The minimum absolute atomic E-state index is 0.0736. The van der Waals surface area contributed by atoms with Gasteiger partial charge in [0, 0.05) is 55.2 Å². The predicted molar refractivity (Wildman–Crippen MR) is 175 cm³/mol. The molecule has 9 nitrogen and oxygen atoms in total. The summed E-state index contributed by atoms with van der Waals surface area (Å²) < 4.78 is 29.3. The number of halogens is 2. The van der Waals surface area contributed by atoms with Gasteiger partial charge >= 0.3 is 5.97 Å². The number of nitrogens with one attached hydrogen (secondary N) is 1. The van der Waals surface area contributed by atoms with Crippen molar-refractivity contribution in [2.24, 2.45) is 5.92 Å². The largest absolute Gasteiger partial charge is 0.481 e. The number of likely N-dealkylation sites (tertiary alicyclic amines) is 2. The Morgan fingerprint density at radius 2 is 1.78 bits per heavy atom. The van der Waals surface area contributed by atoms with Crippen molar-refractivity contribution in [3.05, 3.63) is 63.7 Å². The molecular formula is C34H39ClFN3O6S. The molecule has 2 N–H and O–H groups in total. The number of carbonyl (C=O) groups excluding carboxylic acids is 2. The Morgan fingerprint density at radius 1 is 1.04 bits per heavy atom. The number of nitrogens with zero attached hydrogens (tertiary/aromatic N) is 2. The van der Waals surface area contributed by atoms with E-state index in [-0.39, 0.29) is 40.7 Å². The van der Waals surface area contributed by atoms with Crippen LogP contribution in [0, 0.1) is 11.7 Å². The third kappa shape index (κ3) is 6.58. The standard InChI is InChI=1S/C34H39ClFN3O6S/c1-44-24-12-15-39(19-24)34(38-13-4-5-14-38,45-23-10-8-21(9-11-23)33(42)43)31(40)17-22-16-27(35)29(18-28(22)36)37-32(41)26-20-46-30-7-3-2-6-25(26)30/h2-3,6-7,16,18,20-21,23-24H,4-5,8-15,17,19H2,1H3,(H,37,41)(H,42,43)/t21-,23-,24-,34?/m1/s1. The van der Waals surface area contributed by atoms with Gasteiger partial charge in [-0.3, -0.25) is 24.2 Å². The molecular weight excluding hydrogens is 633 g/mol. The van der Waals surface area contributed by atoms with Crippen molar-refractivity contribution < 1.29 is 33.4 Å². The van der Waals surface area contributed by atoms with E-state index in [4.69, 9.17) is 21.1 Å². The highest BCUT2D eigenvalue weighted by molar-refractivity contribution is 7.17. The monoisotopic (exact) mass is 671 g/mol. The molecule has 3 heterocycles. The predicted octanol–water partition coefficient (Wildman–Crippen LogP) is 6.19. The minimum Gasteiger partial charge on any atom is -0.481 e. The zero-order chi connectivity index (χ0) is 32.4. The van der Waals surface area contributed by atoms with Gasteiger partial charge in [-0.2, -0.15) is 0 Å². The number of hydrogen-bond acceptors (Lipinski definition) is 8. The number of amides is 1. The smallest absolute Gasteiger partial charge is 0.306 e. The molecule has 1 aliphatic carbocycles. The number of ketones is 1. The second-order valence-corrected chi connectivity index (χ2v) is 13.8. The number of methoxy groups -OCH3 is 1. The highest BCUT2D eigenvalue weighted by Gasteiger charge is 2.54. The number of benzene rings is 2. The SMILES string of the molecule is CO[C@@H]1CCN(C(O[C@H]2CC[C@H](C(=O)O)CC2)(C(=O)Cc2cc(Cl)c(NC(=O)c3csc4ccccc34)cc2F)N2CCCC2)C1. The molecule has 0 spiro atoms. The molecule has 12 heteroatoms. The third-order valence-electron chi connectivity index (χ3n) is 9.62. The van der Waals surface area contributed by atoms with Crippen LogP contribution in [-0.4, -0.2) is 83.9 Å². The fourth-order valence-electron chi connectivity index (χ4n) is 7.09. The van der Waals surface area contributed by atoms with E-state index in [9.17, 15) is 19.5 Å². The molecule has 1 aromatic heterocycles. The lowest BCUT2D eigenvalue weighted by Gasteiger charge is -2.48. The molecule has 1 amide bonds. The van der Waals surface area contributed by atoms with Gasteiger partial charge in [-0.25, -0.2) is 4.39 Å². The molecule has 2 aromatic carbocycles. The van der Waals surface area contributed by atoms with E-state index in [1.807, 2.05) is 29.2 Å². The summed E-state index contributed by atoms with van der Waals surface area (Å²) in [5, 5.41) is 14.9. The van der Waals surface area contributed by atoms with Crippen molar-refractivity contribution >= 4 is 56.4 Å². The first kappa shape index (κ1) is 33.0. The highest BCUT2D eigenvalue weighted by Crippen LogP contribution is 2.38. The molecule has 2 atom stereocenters. The number of rotatable bonds is 11. The summed E-state index contributed by atoms with van der Waals surface area (Å²) in [6, 6.07) is 10.1. The van der Waals surface area contributed by atoms with Crippen LogP contribution in [0.2, 0.25) is 5.02 Å². The van der Waals surface area contributed by atoms with E-state index in [2.05, 4.69) is 10.2 Å². The average Bonchev–Trinajstić information content (AvgIpc) is 3.84. The van der Waals surface area contributed by atoms with E-state index in [0.717, 1.165) is 29.3 Å². The van der Waals surface area contributed by atoms with E-state index >= 15 is 4.39 Å². The molecule has 2 aliphatic heterocycles. The quantitative estimate of drug-likeness (QED) is 0.249. The number of anilines is 1. The van der Waals surface area contributed by atoms with Gasteiger partial charge in [0.1, 0.15) is 5.82 Å². The van der Waals surface area contributed by atoms with Crippen LogP contribution in [0.4, 0.5) is 10.1 Å². The number of carboxylic acid groups (broad SMARTS) is 1. The van der Waals surface area contributed by atoms with Crippen LogP contribution in [0.1, 0.15) is 60.9 Å². The molecule has 1 unspecified atom stereocenters. The second-order valence-electron chi connectivity index (χ2n) is 12.4. The van der Waals surface area contributed by atoms with Gasteiger partial charge in [-0.15, -0.1) is 11.3 Å². The van der Waals surface area contributed by atoms with Gasteiger partial charge in [0.15, 0.2) is 5.78 Å². The summed E-state index contributed by atoms with van der Waals surface area (Å²) in [5.74, 6) is -4.03. The van der Waals surface area contributed by atoms with Crippen molar-refractivity contribution in [3.63, 3.8) is 0 Å². The Balaban J connectivity index is 1.27. The normalized spacial score (nSPS) is 23.8. The molecule has 0 radical (unpaired) electrons. The molecule has 46 heavy (non-hydrogen) atoms. The number of Topliss-reactive ketones (excluding diaryl/α,β-unsaturated/α-hetero) is 1. The van der Waals surface area contributed by atoms with E-state index < -0.39 is 29.5 Å². The Labute approximate surface area is 276 Å². The fourth-order valence-corrected chi connectivity index (χ4v) is 8.27. The number of fused-ring (bicyclic) bond motifs is 1. The number of ether oxygens (including phenoxy) is 2. The second kappa shape index (κ2) is 14.0. The first-order valence-electron chi connectivity index (χ1n) is 15.9.